The van der Waals surface area contributed by atoms with Gasteiger partial charge in [0.25, 0.3) is 0 Å². The summed E-state index contributed by atoms with van der Waals surface area (Å²) in [5.41, 5.74) is 7.92. The van der Waals surface area contributed by atoms with E-state index in [-0.39, 0.29) is 5.41 Å². The van der Waals surface area contributed by atoms with Crippen LogP contribution in [0.1, 0.15) is 49.1 Å². The molecule has 1 aliphatic carbocycles. The van der Waals surface area contributed by atoms with Crippen LogP contribution in [-0.2, 0) is 5.41 Å². The third-order valence-electron chi connectivity index (χ3n) is 10.2. The van der Waals surface area contributed by atoms with Crippen molar-refractivity contribution in [1.82, 2.24) is 29.9 Å². The molecule has 6 heteroatoms. The van der Waals surface area contributed by atoms with Crippen LogP contribution in [0.3, 0.4) is 0 Å². The Morgan fingerprint density at radius 3 is 1.17 bits per heavy atom. The van der Waals surface area contributed by atoms with Crippen molar-refractivity contribution in [3.05, 3.63) is 188 Å². The van der Waals surface area contributed by atoms with E-state index in [1.54, 1.807) is 6.08 Å². The monoisotopic (exact) mass is 700 g/mol. The van der Waals surface area contributed by atoms with Crippen LogP contribution in [0.25, 0.3) is 62.5 Å². The summed E-state index contributed by atoms with van der Waals surface area (Å²) in [6, 6.07) is 47.9. The molecule has 0 amide bonds. The highest BCUT2D eigenvalue weighted by atomic mass is 15.0. The third kappa shape index (κ3) is 7.19. The summed E-state index contributed by atoms with van der Waals surface area (Å²) in [5, 5.41) is 0. The minimum absolute atomic E-state index is 0.109. The van der Waals surface area contributed by atoms with E-state index in [4.69, 9.17) is 29.9 Å². The molecule has 2 aromatic heterocycles. The molecule has 0 atom stereocenters. The number of allylic oxidation sites excluding steroid dienone is 4. The maximum Gasteiger partial charge on any atom is 0.164 e. The molecular weight excluding hydrogens is 661 g/mol. The molecule has 0 N–H and O–H groups in total. The maximum absolute atomic E-state index is 4.96. The van der Waals surface area contributed by atoms with Gasteiger partial charge >= 0.3 is 0 Å². The fourth-order valence-corrected chi connectivity index (χ4v) is 7.34. The van der Waals surface area contributed by atoms with E-state index in [0.717, 1.165) is 40.7 Å². The average molecular weight is 701 g/mol. The van der Waals surface area contributed by atoms with Gasteiger partial charge in [-0.15, -0.1) is 0 Å². The molecular formula is C48H40N6. The Balaban J connectivity index is 1.14. The van der Waals surface area contributed by atoms with Gasteiger partial charge in [-0.2, -0.15) is 0 Å². The molecule has 0 unspecified atom stereocenters. The number of aromatic nitrogens is 6. The van der Waals surface area contributed by atoms with Crippen molar-refractivity contribution < 1.29 is 0 Å². The van der Waals surface area contributed by atoms with Crippen molar-refractivity contribution in [1.29, 1.82) is 0 Å². The first-order valence-corrected chi connectivity index (χ1v) is 18.5. The predicted octanol–water partition coefficient (Wildman–Crippen LogP) is 11.4. The summed E-state index contributed by atoms with van der Waals surface area (Å²) in [5.74, 6) is 3.74. The molecule has 6 nitrogen and oxygen atoms in total. The van der Waals surface area contributed by atoms with Crippen LogP contribution >= 0.6 is 0 Å². The van der Waals surface area contributed by atoms with Crippen LogP contribution in [0.4, 0.5) is 0 Å². The molecule has 1 aliphatic rings. The quantitative estimate of drug-likeness (QED) is 0.132. The van der Waals surface area contributed by atoms with Crippen LogP contribution in [0.15, 0.2) is 171 Å². The van der Waals surface area contributed by atoms with Gasteiger partial charge in [-0.1, -0.05) is 190 Å². The molecule has 1 saturated carbocycles. The van der Waals surface area contributed by atoms with Gasteiger partial charge in [-0.25, -0.2) is 29.9 Å². The zero-order valence-electron chi connectivity index (χ0n) is 30.1. The fraction of sp³-hybridized carbons (Fsp3) is 0.125. The highest BCUT2D eigenvalue weighted by Crippen LogP contribution is 2.45. The second-order valence-electron chi connectivity index (χ2n) is 13.6. The zero-order valence-corrected chi connectivity index (χ0v) is 30.1. The lowest BCUT2D eigenvalue weighted by atomic mass is 9.65. The zero-order chi connectivity index (χ0) is 36.7. The minimum atomic E-state index is -0.109. The largest absolute Gasteiger partial charge is 0.208 e. The van der Waals surface area contributed by atoms with Crippen molar-refractivity contribution in [3.8, 4) is 56.9 Å². The van der Waals surface area contributed by atoms with Crippen LogP contribution < -0.4 is 0 Å². The first-order valence-electron chi connectivity index (χ1n) is 18.5. The number of benzene rings is 5. The minimum Gasteiger partial charge on any atom is -0.208 e. The molecule has 1 fully saturated rings. The topological polar surface area (TPSA) is 77.3 Å². The Kier molecular flexibility index (Phi) is 9.90. The van der Waals surface area contributed by atoms with Crippen molar-refractivity contribution in [2.24, 2.45) is 0 Å². The van der Waals surface area contributed by atoms with E-state index >= 15 is 0 Å². The molecule has 262 valence electrons. The molecule has 0 saturated heterocycles. The third-order valence-corrected chi connectivity index (χ3v) is 10.2. The summed E-state index contributed by atoms with van der Waals surface area (Å²) in [4.78, 5) is 29.3. The highest BCUT2D eigenvalue weighted by molar-refractivity contribution is 5.72. The van der Waals surface area contributed by atoms with Crippen LogP contribution in [-0.4, -0.2) is 29.9 Å². The molecule has 54 heavy (non-hydrogen) atoms. The summed E-state index contributed by atoms with van der Waals surface area (Å²) in [6.45, 7) is 8.00. The summed E-state index contributed by atoms with van der Waals surface area (Å²) in [7, 11) is 0. The lowest BCUT2D eigenvalue weighted by Crippen LogP contribution is -2.30. The Labute approximate surface area is 316 Å². The highest BCUT2D eigenvalue weighted by Gasteiger charge is 2.36. The molecule has 0 radical (unpaired) electrons. The lowest BCUT2D eigenvalue weighted by molar-refractivity contribution is 0.346. The Morgan fingerprint density at radius 2 is 0.796 bits per heavy atom. The van der Waals surface area contributed by atoms with Crippen LogP contribution in [0, 0.1) is 0 Å². The number of rotatable bonds is 10. The summed E-state index contributed by atoms with van der Waals surface area (Å²) < 4.78 is 0. The number of hydrogen-bond acceptors (Lipinski definition) is 6. The first-order chi connectivity index (χ1) is 26.6. The smallest absolute Gasteiger partial charge is 0.164 e. The van der Waals surface area contributed by atoms with Crippen molar-refractivity contribution in [3.63, 3.8) is 0 Å². The van der Waals surface area contributed by atoms with Crippen molar-refractivity contribution in [2.45, 2.75) is 37.5 Å². The summed E-state index contributed by atoms with van der Waals surface area (Å²) >= 11 is 0. The second kappa shape index (κ2) is 15.5. The molecule has 5 aromatic carbocycles. The second-order valence-corrected chi connectivity index (χ2v) is 13.6. The maximum atomic E-state index is 4.96. The van der Waals surface area contributed by atoms with E-state index < -0.39 is 0 Å². The van der Waals surface area contributed by atoms with Gasteiger partial charge < -0.3 is 0 Å². The average Bonchev–Trinajstić information content (AvgIpc) is 3.26. The van der Waals surface area contributed by atoms with Gasteiger partial charge in [0.2, 0.25) is 0 Å². The summed E-state index contributed by atoms with van der Waals surface area (Å²) in [6.07, 6.45) is 11.2. The number of nitrogens with zero attached hydrogens (tertiary/aromatic N) is 6. The van der Waals surface area contributed by atoms with E-state index in [2.05, 4.69) is 61.7 Å². The van der Waals surface area contributed by atoms with Gasteiger partial charge in [0, 0.05) is 38.8 Å². The Hall–Kier alpha value is -6.66. The normalized spacial score (nSPS) is 13.8. The van der Waals surface area contributed by atoms with Crippen LogP contribution in [0.5, 0.6) is 0 Å². The van der Waals surface area contributed by atoms with E-state index in [1.165, 1.54) is 30.4 Å². The molecule has 0 spiro atoms. The van der Waals surface area contributed by atoms with E-state index in [0.29, 0.717) is 40.5 Å². The van der Waals surface area contributed by atoms with Crippen molar-refractivity contribution >= 4 is 5.57 Å². The molecule has 2 heterocycles. The Bertz CT molecular complexity index is 2360. The SMILES string of the molecule is C=C/C=C\C(=C)c1nc(-c2ccccc2)nc(-c2ccc(C3(c4ccc(-c5nc(-c6ccccc6)nc(-c6ccccc6)n5)cc4)CCCCC3)cc2)n1. The molecule has 0 aliphatic heterocycles. The van der Waals surface area contributed by atoms with Gasteiger partial charge in [-0.3, -0.25) is 0 Å². The molecule has 8 rings (SSSR count). The number of hydrogen-bond donors (Lipinski definition) is 0. The molecule has 7 aromatic rings. The van der Waals surface area contributed by atoms with Gasteiger partial charge in [0.15, 0.2) is 34.9 Å². The van der Waals surface area contributed by atoms with Crippen LogP contribution in [0.2, 0.25) is 0 Å². The lowest BCUT2D eigenvalue weighted by Gasteiger charge is -2.39. The van der Waals surface area contributed by atoms with Gasteiger partial charge in [0.05, 0.1) is 0 Å². The molecule has 0 bridgehead atoms. The van der Waals surface area contributed by atoms with Gasteiger partial charge in [0.1, 0.15) is 0 Å². The predicted molar refractivity (Wildman–Crippen MR) is 219 cm³/mol. The Morgan fingerprint density at radius 1 is 0.444 bits per heavy atom. The fourth-order valence-electron chi connectivity index (χ4n) is 7.34. The van der Waals surface area contributed by atoms with Gasteiger partial charge in [-0.05, 0) is 24.0 Å². The standard InChI is InChI=1S/C48H40N6/c1-3-4-17-34(2)42-49-43(35-18-9-5-10-19-35)51-46(50-42)38-24-28-40(29-25-38)48(32-15-8-16-33-48)41-30-26-39(27-31-41)47-53-44(36-20-11-6-12-21-36)52-45(54-47)37-22-13-7-14-23-37/h3-7,9-14,17-31H,1-2,8,15-16,32-33H2/b17-4-. The first kappa shape index (κ1) is 34.4. The van der Waals surface area contributed by atoms with Crippen molar-refractivity contribution in [2.75, 3.05) is 0 Å². The van der Waals surface area contributed by atoms with E-state index in [9.17, 15) is 0 Å². The van der Waals surface area contributed by atoms with E-state index in [1.807, 2.05) is 103 Å².